The van der Waals surface area contributed by atoms with E-state index < -0.39 is 26.8 Å². The van der Waals surface area contributed by atoms with Crippen LogP contribution in [0.5, 0.6) is 5.75 Å². The fourth-order valence-corrected chi connectivity index (χ4v) is 5.73. The van der Waals surface area contributed by atoms with Gasteiger partial charge in [-0.05, 0) is 57.7 Å². The Morgan fingerprint density at radius 3 is 2.43 bits per heavy atom. The van der Waals surface area contributed by atoms with Crippen LogP contribution in [0.3, 0.4) is 0 Å². The van der Waals surface area contributed by atoms with Crippen molar-refractivity contribution in [3.8, 4) is 11.4 Å². The number of piperazine rings is 1. The molecule has 2 aliphatic rings. The first-order valence-electron chi connectivity index (χ1n) is 11.8. The van der Waals surface area contributed by atoms with Crippen LogP contribution in [0, 0.1) is 0 Å². The molecule has 1 saturated heterocycles. The van der Waals surface area contributed by atoms with Crippen molar-refractivity contribution >= 4 is 27.4 Å². The molecule has 1 aliphatic heterocycles. The molecule has 0 bridgehead atoms. The van der Waals surface area contributed by atoms with Gasteiger partial charge in [0, 0.05) is 31.9 Å². The lowest BCUT2D eigenvalue weighted by atomic mass is 10.1. The molecule has 35 heavy (non-hydrogen) atoms. The Morgan fingerprint density at radius 2 is 1.83 bits per heavy atom. The summed E-state index contributed by atoms with van der Waals surface area (Å²) in [5.74, 6) is -1.06. The smallest absolute Gasteiger partial charge is 0.337 e. The summed E-state index contributed by atoms with van der Waals surface area (Å²) in [7, 11) is -3.36. The summed E-state index contributed by atoms with van der Waals surface area (Å²) >= 11 is 0. The van der Waals surface area contributed by atoms with Gasteiger partial charge in [0.15, 0.2) is 0 Å². The van der Waals surface area contributed by atoms with Gasteiger partial charge in [-0.15, -0.1) is 0 Å². The number of hydrogen-bond donors (Lipinski definition) is 2. The molecule has 4 rings (SSSR count). The van der Waals surface area contributed by atoms with E-state index in [1.807, 2.05) is 4.90 Å². The molecular formula is C23H31N5O6S. The third kappa shape index (κ3) is 4.98. The molecule has 0 amide bonds. The van der Waals surface area contributed by atoms with E-state index in [4.69, 9.17) is 10.5 Å². The first-order valence-corrected chi connectivity index (χ1v) is 13.3. The highest BCUT2D eigenvalue weighted by atomic mass is 32.2. The molecule has 3 N–H and O–H groups in total. The van der Waals surface area contributed by atoms with Gasteiger partial charge < -0.3 is 20.5 Å². The predicted octanol–water partition coefficient (Wildman–Crippen LogP) is 1.69. The van der Waals surface area contributed by atoms with Crippen molar-refractivity contribution < 1.29 is 23.1 Å². The number of nitrogens with two attached hydrogens (primary N) is 1. The zero-order valence-electron chi connectivity index (χ0n) is 19.9. The number of aromatic carboxylic acids is 1. The minimum atomic E-state index is -3.36. The van der Waals surface area contributed by atoms with Crippen molar-refractivity contribution in [3.05, 3.63) is 40.3 Å². The molecule has 190 valence electrons. The van der Waals surface area contributed by atoms with Gasteiger partial charge in [0.25, 0.3) is 0 Å². The van der Waals surface area contributed by atoms with Crippen LogP contribution >= 0.6 is 0 Å². The van der Waals surface area contributed by atoms with Gasteiger partial charge in [-0.1, -0.05) is 0 Å². The number of nitrogens with zero attached hydrogens (tertiary/aromatic N) is 4. The van der Waals surface area contributed by atoms with E-state index in [1.165, 1.54) is 28.7 Å². The van der Waals surface area contributed by atoms with E-state index >= 15 is 0 Å². The molecule has 2 aromatic rings. The molecule has 2 fully saturated rings. The van der Waals surface area contributed by atoms with Crippen LogP contribution in [0.15, 0.2) is 29.2 Å². The highest BCUT2D eigenvalue weighted by Crippen LogP contribution is 2.30. The summed E-state index contributed by atoms with van der Waals surface area (Å²) in [6.07, 6.45) is 5.14. The number of carboxylic acids is 1. The van der Waals surface area contributed by atoms with Gasteiger partial charge in [-0.2, -0.15) is 14.1 Å². The predicted molar refractivity (Wildman–Crippen MR) is 132 cm³/mol. The average Bonchev–Trinajstić information content (AvgIpc) is 3.34. The number of carboxylic acid groups (broad SMARTS) is 1. The summed E-state index contributed by atoms with van der Waals surface area (Å²) in [6, 6.07) is 4.26. The number of ether oxygens (including phenoxy) is 1. The molecule has 11 nitrogen and oxygen atoms in total. The Kier molecular flexibility index (Phi) is 7.04. The first kappa shape index (κ1) is 25.0. The molecule has 1 aromatic heterocycles. The molecule has 1 saturated carbocycles. The Balaban J connectivity index is 1.69. The van der Waals surface area contributed by atoms with Gasteiger partial charge in [-0.3, -0.25) is 4.79 Å². The molecule has 0 atom stereocenters. The van der Waals surface area contributed by atoms with Crippen molar-refractivity contribution in [3.63, 3.8) is 0 Å². The minimum absolute atomic E-state index is 0.0857. The maximum absolute atomic E-state index is 13.6. The summed E-state index contributed by atoms with van der Waals surface area (Å²) in [5.41, 5.74) is 5.98. The maximum Gasteiger partial charge on any atom is 0.337 e. The molecule has 12 heteroatoms. The summed E-state index contributed by atoms with van der Waals surface area (Å²) < 4.78 is 33.9. The van der Waals surface area contributed by atoms with Crippen LogP contribution in [0.2, 0.25) is 0 Å². The third-order valence-electron chi connectivity index (χ3n) is 6.55. The highest BCUT2D eigenvalue weighted by Gasteiger charge is 2.32. The molecule has 2 heterocycles. The fraction of sp³-hybridized carbons (Fsp3) is 0.522. The molecule has 1 aliphatic carbocycles. The number of aromatic nitrogens is 2. The number of anilines is 2. The van der Waals surface area contributed by atoms with Crippen LogP contribution in [0.4, 0.5) is 11.4 Å². The summed E-state index contributed by atoms with van der Waals surface area (Å²) in [6.45, 7) is 4.70. The standard InChI is InChI=1S/C23H31N5O6S/c1-15(2)35(32,33)27-11-9-26(10-12-27)20-14-25-28(16-7-8-19(24)18(13-16)23(30)31)22(29)21(20)34-17-5-3-4-6-17/h7-8,13-15,17H,3-6,9-12,24H2,1-2H3,(H,30,31). The summed E-state index contributed by atoms with van der Waals surface area (Å²) in [4.78, 5) is 27.0. The average molecular weight is 506 g/mol. The topological polar surface area (TPSA) is 148 Å². The van der Waals surface area contributed by atoms with E-state index in [0.717, 1.165) is 30.4 Å². The number of carbonyl (C=O) groups is 1. The van der Waals surface area contributed by atoms with E-state index in [-0.39, 0.29) is 28.8 Å². The van der Waals surface area contributed by atoms with Crippen molar-refractivity contribution in [2.24, 2.45) is 0 Å². The number of benzene rings is 1. The van der Waals surface area contributed by atoms with Crippen molar-refractivity contribution in [2.45, 2.75) is 50.9 Å². The lowest BCUT2D eigenvalue weighted by Crippen LogP contribution is -2.50. The van der Waals surface area contributed by atoms with Crippen molar-refractivity contribution in [1.29, 1.82) is 0 Å². The van der Waals surface area contributed by atoms with Crippen LogP contribution in [-0.4, -0.2) is 71.1 Å². The molecule has 0 spiro atoms. The minimum Gasteiger partial charge on any atom is -0.483 e. The molecular weight excluding hydrogens is 474 g/mol. The molecule has 1 aromatic carbocycles. The van der Waals surface area contributed by atoms with Crippen LogP contribution < -0.4 is 20.9 Å². The maximum atomic E-state index is 13.6. The highest BCUT2D eigenvalue weighted by molar-refractivity contribution is 7.89. The van der Waals surface area contributed by atoms with Gasteiger partial charge in [-0.25, -0.2) is 13.2 Å². The SMILES string of the molecule is CC(C)S(=O)(=O)N1CCN(c2cnn(-c3ccc(N)c(C(=O)O)c3)c(=O)c2OC2CCCC2)CC1. The zero-order chi connectivity index (χ0) is 25.3. The number of sulfonamides is 1. The van der Waals surface area contributed by atoms with Crippen molar-refractivity contribution in [2.75, 3.05) is 36.8 Å². The number of hydrogen-bond acceptors (Lipinski definition) is 8. The first-order chi connectivity index (χ1) is 16.6. The molecule has 0 unspecified atom stereocenters. The Labute approximate surface area is 204 Å². The fourth-order valence-electron chi connectivity index (χ4n) is 4.46. The normalized spacial score (nSPS) is 17.7. The lowest BCUT2D eigenvalue weighted by Gasteiger charge is -2.36. The van der Waals surface area contributed by atoms with Crippen LogP contribution in [0.25, 0.3) is 5.69 Å². The van der Waals surface area contributed by atoms with E-state index in [2.05, 4.69) is 5.10 Å². The van der Waals surface area contributed by atoms with E-state index in [0.29, 0.717) is 31.9 Å². The third-order valence-corrected chi connectivity index (χ3v) is 8.82. The Bertz CT molecular complexity index is 1260. The lowest BCUT2D eigenvalue weighted by molar-refractivity contribution is 0.0698. The van der Waals surface area contributed by atoms with Gasteiger partial charge >= 0.3 is 11.5 Å². The zero-order valence-corrected chi connectivity index (χ0v) is 20.7. The monoisotopic (exact) mass is 505 g/mol. The number of rotatable bonds is 7. The van der Waals surface area contributed by atoms with E-state index in [1.54, 1.807) is 13.8 Å². The van der Waals surface area contributed by atoms with Crippen LogP contribution in [-0.2, 0) is 10.0 Å². The summed E-state index contributed by atoms with van der Waals surface area (Å²) in [5, 5.41) is 13.2. The second-order valence-corrected chi connectivity index (χ2v) is 11.6. The molecule has 0 radical (unpaired) electrons. The quantitative estimate of drug-likeness (QED) is 0.536. The Hall–Kier alpha value is -3.12. The van der Waals surface area contributed by atoms with Crippen molar-refractivity contribution in [1.82, 2.24) is 14.1 Å². The second-order valence-electron chi connectivity index (χ2n) is 9.16. The number of nitrogen functional groups attached to an aromatic ring is 1. The van der Waals surface area contributed by atoms with Crippen LogP contribution in [0.1, 0.15) is 49.9 Å². The largest absolute Gasteiger partial charge is 0.483 e. The Morgan fingerprint density at radius 1 is 1.17 bits per heavy atom. The van der Waals surface area contributed by atoms with E-state index in [9.17, 15) is 23.1 Å². The van der Waals surface area contributed by atoms with Gasteiger partial charge in [0.1, 0.15) is 5.69 Å². The van der Waals surface area contributed by atoms with Gasteiger partial charge in [0.2, 0.25) is 15.8 Å². The second kappa shape index (κ2) is 9.86. The van der Waals surface area contributed by atoms with Gasteiger partial charge in [0.05, 0.1) is 28.8 Å².